The molecule has 0 amide bonds. The van der Waals surface area contributed by atoms with Crippen molar-refractivity contribution in [3.05, 3.63) is 0 Å². The fourth-order valence-electron chi connectivity index (χ4n) is 0.976. The Labute approximate surface area is 79.0 Å². The number of nitrogens with one attached hydrogen (secondary N) is 1. The van der Waals surface area contributed by atoms with Crippen LogP contribution in [0.5, 0.6) is 0 Å². The summed E-state index contributed by atoms with van der Waals surface area (Å²) in [7, 11) is 0. The van der Waals surface area contributed by atoms with Gasteiger partial charge in [-0.1, -0.05) is 13.8 Å². The summed E-state index contributed by atoms with van der Waals surface area (Å²) in [6, 6.07) is -0.411. The van der Waals surface area contributed by atoms with Crippen LogP contribution in [0.25, 0.3) is 0 Å². The lowest BCUT2D eigenvalue weighted by atomic mass is 10.0. The Bertz CT molecular complexity index is 158. The lowest BCUT2D eigenvalue weighted by Crippen LogP contribution is -2.47. The third-order valence-electron chi connectivity index (χ3n) is 1.77. The smallest absolute Gasteiger partial charge is 0.152 e. The van der Waals surface area contributed by atoms with Gasteiger partial charge in [0.15, 0.2) is 5.78 Å². The molecule has 0 heterocycles. The molecule has 0 aromatic carbocycles. The van der Waals surface area contributed by atoms with E-state index in [2.05, 4.69) is 5.32 Å². The summed E-state index contributed by atoms with van der Waals surface area (Å²) in [4.78, 5) is 11.3. The standard InChI is InChI=1S/C8H20N4O/c1-5(2)7(13)6(9)3-4-12-8(10)11/h5-6,8,12H,3-4,9-11H2,1-2H3/t6-/m1/s1. The molecule has 0 unspecified atom stereocenters. The van der Waals surface area contributed by atoms with Gasteiger partial charge < -0.3 is 17.2 Å². The van der Waals surface area contributed by atoms with Crippen molar-refractivity contribution in [2.45, 2.75) is 32.6 Å². The van der Waals surface area contributed by atoms with E-state index in [0.29, 0.717) is 13.0 Å². The van der Waals surface area contributed by atoms with Crippen molar-refractivity contribution in [1.29, 1.82) is 0 Å². The van der Waals surface area contributed by atoms with Gasteiger partial charge >= 0.3 is 0 Å². The number of carbonyl (C=O) groups is 1. The van der Waals surface area contributed by atoms with E-state index >= 15 is 0 Å². The minimum Gasteiger partial charge on any atom is -0.321 e. The molecule has 0 radical (unpaired) electrons. The molecule has 0 fully saturated rings. The zero-order chi connectivity index (χ0) is 10.4. The molecule has 5 nitrogen and oxygen atoms in total. The molecular formula is C8H20N4O. The van der Waals surface area contributed by atoms with Crippen LogP contribution in [0.4, 0.5) is 0 Å². The molecule has 78 valence electrons. The molecular weight excluding hydrogens is 168 g/mol. The highest BCUT2D eigenvalue weighted by atomic mass is 16.1. The first-order chi connectivity index (χ1) is 5.95. The molecule has 0 aliphatic carbocycles. The van der Waals surface area contributed by atoms with E-state index < -0.39 is 12.3 Å². The predicted molar refractivity (Wildman–Crippen MR) is 52.6 cm³/mol. The second kappa shape index (κ2) is 6.04. The number of nitrogens with two attached hydrogens (primary N) is 3. The van der Waals surface area contributed by atoms with Crippen LogP contribution in [0.1, 0.15) is 20.3 Å². The molecule has 13 heavy (non-hydrogen) atoms. The van der Waals surface area contributed by atoms with Gasteiger partial charge in [-0.15, -0.1) is 0 Å². The Hall–Kier alpha value is -0.490. The number of hydrogen-bond donors (Lipinski definition) is 4. The van der Waals surface area contributed by atoms with Crippen LogP contribution in [0, 0.1) is 5.92 Å². The monoisotopic (exact) mass is 188 g/mol. The molecule has 0 aliphatic heterocycles. The molecule has 0 rings (SSSR count). The van der Waals surface area contributed by atoms with Crippen LogP contribution in [0.3, 0.4) is 0 Å². The molecule has 5 heteroatoms. The van der Waals surface area contributed by atoms with Gasteiger partial charge in [-0.3, -0.25) is 10.1 Å². The summed E-state index contributed by atoms with van der Waals surface area (Å²) < 4.78 is 0. The second-order valence-electron chi connectivity index (χ2n) is 3.43. The van der Waals surface area contributed by atoms with E-state index in [-0.39, 0.29) is 11.7 Å². The minimum absolute atomic E-state index is 0.0125. The van der Waals surface area contributed by atoms with Crippen molar-refractivity contribution in [2.75, 3.05) is 6.54 Å². The van der Waals surface area contributed by atoms with Crippen molar-refractivity contribution in [3.63, 3.8) is 0 Å². The number of ketones is 1. The van der Waals surface area contributed by atoms with Crippen molar-refractivity contribution in [3.8, 4) is 0 Å². The second-order valence-corrected chi connectivity index (χ2v) is 3.43. The molecule has 0 aromatic heterocycles. The Balaban J connectivity index is 3.62. The Morgan fingerprint density at radius 1 is 1.31 bits per heavy atom. The average Bonchev–Trinajstić information content (AvgIpc) is 2.02. The highest BCUT2D eigenvalue weighted by Crippen LogP contribution is 2.00. The SMILES string of the molecule is CC(C)C(=O)[C@H](N)CCNC(N)N. The average molecular weight is 188 g/mol. The molecule has 0 aliphatic rings. The topological polar surface area (TPSA) is 107 Å². The van der Waals surface area contributed by atoms with Gasteiger partial charge in [-0.2, -0.15) is 0 Å². The number of carbonyl (C=O) groups excluding carboxylic acids is 1. The lowest BCUT2D eigenvalue weighted by molar-refractivity contribution is -0.123. The Morgan fingerprint density at radius 3 is 2.23 bits per heavy atom. The van der Waals surface area contributed by atoms with Crippen molar-refractivity contribution < 1.29 is 4.79 Å². The maximum Gasteiger partial charge on any atom is 0.152 e. The van der Waals surface area contributed by atoms with E-state index in [1.165, 1.54) is 0 Å². The first-order valence-corrected chi connectivity index (χ1v) is 4.49. The van der Waals surface area contributed by atoms with Gasteiger partial charge in [0.2, 0.25) is 0 Å². The molecule has 0 bridgehead atoms. The van der Waals surface area contributed by atoms with Crippen LogP contribution in [-0.2, 0) is 4.79 Å². The normalized spacial score (nSPS) is 13.8. The summed E-state index contributed by atoms with van der Waals surface area (Å²) in [5.41, 5.74) is 16.1. The Kier molecular flexibility index (Phi) is 5.81. The minimum atomic E-state index is -0.540. The van der Waals surface area contributed by atoms with Gasteiger partial charge in [0.05, 0.1) is 6.04 Å². The predicted octanol–water partition coefficient (Wildman–Crippen LogP) is -1.28. The highest BCUT2D eigenvalue weighted by molar-refractivity contribution is 5.85. The third-order valence-corrected chi connectivity index (χ3v) is 1.77. The summed E-state index contributed by atoms with van der Waals surface area (Å²) in [6.45, 7) is 4.24. The van der Waals surface area contributed by atoms with Crippen LogP contribution in [-0.4, -0.2) is 24.7 Å². The molecule has 0 saturated carbocycles. The van der Waals surface area contributed by atoms with Crippen molar-refractivity contribution in [2.24, 2.45) is 23.1 Å². The van der Waals surface area contributed by atoms with Gasteiger partial charge in [-0.05, 0) is 13.0 Å². The largest absolute Gasteiger partial charge is 0.321 e. The third kappa shape index (κ3) is 5.70. The number of rotatable bonds is 6. The van der Waals surface area contributed by atoms with Gasteiger partial charge in [0.1, 0.15) is 6.29 Å². The first kappa shape index (κ1) is 12.5. The molecule has 1 atom stereocenters. The van der Waals surface area contributed by atoms with E-state index in [0.717, 1.165) is 0 Å². The zero-order valence-corrected chi connectivity index (χ0v) is 8.29. The van der Waals surface area contributed by atoms with Crippen molar-refractivity contribution in [1.82, 2.24) is 5.32 Å². The maximum absolute atomic E-state index is 11.3. The summed E-state index contributed by atoms with van der Waals surface area (Å²) >= 11 is 0. The van der Waals surface area contributed by atoms with Crippen LogP contribution in [0.15, 0.2) is 0 Å². The molecule has 0 aromatic rings. The highest BCUT2D eigenvalue weighted by Gasteiger charge is 2.16. The van der Waals surface area contributed by atoms with Gasteiger partial charge in [-0.25, -0.2) is 0 Å². The number of hydrogen-bond acceptors (Lipinski definition) is 5. The Morgan fingerprint density at radius 2 is 1.85 bits per heavy atom. The van der Waals surface area contributed by atoms with E-state index in [1.807, 2.05) is 13.8 Å². The van der Waals surface area contributed by atoms with Crippen LogP contribution in [0.2, 0.25) is 0 Å². The lowest BCUT2D eigenvalue weighted by Gasteiger charge is -2.14. The fourth-order valence-corrected chi connectivity index (χ4v) is 0.976. The summed E-state index contributed by atoms with van der Waals surface area (Å²) in [5.74, 6) is 0.0638. The van der Waals surface area contributed by atoms with E-state index in [9.17, 15) is 4.79 Å². The van der Waals surface area contributed by atoms with E-state index in [1.54, 1.807) is 0 Å². The van der Waals surface area contributed by atoms with Gasteiger partial charge in [0.25, 0.3) is 0 Å². The molecule has 0 saturated heterocycles. The maximum atomic E-state index is 11.3. The fraction of sp³-hybridized carbons (Fsp3) is 0.875. The van der Waals surface area contributed by atoms with Gasteiger partial charge in [0, 0.05) is 5.92 Å². The summed E-state index contributed by atoms with van der Waals surface area (Å²) in [6.07, 6.45) is 0.0309. The van der Waals surface area contributed by atoms with Crippen molar-refractivity contribution >= 4 is 5.78 Å². The summed E-state index contributed by atoms with van der Waals surface area (Å²) in [5, 5.41) is 2.79. The zero-order valence-electron chi connectivity index (χ0n) is 8.29. The molecule has 7 N–H and O–H groups in total. The first-order valence-electron chi connectivity index (χ1n) is 4.49. The quantitative estimate of drug-likeness (QED) is 0.388. The van der Waals surface area contributed by atoms with E-state index in [4.69, 9.17) is 17.2 Å². The molecule has 0 spiro atoms. The number of Topliss-reactive ketones (excluding diaryl/α,β-unsaturated/α-hetero) is 1. The van der Waals surface area contributed by atoms with Crippen LogP contribution >= 0.6 is 0 Å². The van der Waals surface area contributed by atoms with Crippen LogP contribution < -0.4 is 22.5 Å².